The van der Waals surface area contributed by atoms with E-state index >= 15 is 0 Å². The number of carboxylic acids is 1. The molecule has 0 saturated carbocycles. The Morgan fingerprint density at radius 2 is 2.00 bits per heavy atom. The molecular formula is C9H16FKO2. The quantitative estimate of drug-likeness (QED) is 0.380. The molecule has 0 aromatic carbocycles. The van der Waals surface area contributed by atoms with Crippen molar-refractivity contribution in [2.75, 3.05) is 0 Å². The van der Waals surface area contributed by atoms with E-state index in [9.17, 15) is 14.3 Å². The van der Waals surface area contributed by atoms with Gasteiger partial charge in [0.15, 0.2) is 0 Å². The maximum atomic E-state index is 12.8. The molecule has 0 radical (unpaired) electrons. The van der Waals surface area contributed by atoms with Crippen molar-refractivity contribution in [1.29, 1.82) is 0 Å². The number of alkyl halides is 1. The molecule has 0 saturated heterocycles. The second-order valence-electron chi connectivity index (χ2n) is 3.00. The summed E-state index contributed by atoms with van der Waals surface area (Å²) in [4.78, 5) is 9.96. The number of unbranched alkanes of at least 4 members (excludes halogenated alkanes) is 2. The van der Waals surface area contributed by atoms with Crippen LogP contribution in [0.25, 0.3) is 0 Å². The summed E-state index contributed by atoms with van der Waals surface area (Å²) in [5, 5.41) is 9.96. The Balaban J connectivity index is 0. The fraction of sp³-hybridized carbons (Fsp3) is 0.889. The zero-order valence-electron chi connectivity index (χ0n) is 8.51. The van der Waals surface area contributed by atoms with Crippen LogP contribution in [0.4, 0.5) is 4.39 Å². The van der Waals surface area contributed by atoms with Gasteiger partial charge in [-0.3, -0.25) is 0 Å². The third-order valence-corrected chi connectivity index (χ3v) is 1.78. The van der Waals surface area contributed by atoms with Crippen molar-refractivity contribution in [2.45, 2.75) is 51.6 Å². The minimum atomic E-state index is -1.16. The molecule has 0 amide bonds. The molecule has 0 N–H and O–H groups in total. The van der Waals surface area contributed by atoms with E-state index in [1.807, 2.05) is 0 Å². The smallest absolute Gasteiger partial charge is 0.550 e. The Bertz CT molecular complexity index is 131. The van der Waals surface area contributed by atoms with Crippen LogP contribution >= 0.6 is 0 Å². The second-order valence-corrected chi connectivity index (χ2v) is 3.00. The Hall–Kier alpha value is 1.04. The molecule has 1 unspecified atom stereocenters. The largest absolute Gasteiger partial charge is 1.00 e. The zero-order valence-corrected chi connectivity index (χ0v) is 11.6. The number of hydrogen-bond donors (Lipinski definition) is 0. The van der Waals surface area contributed by atoms with Crippen molar-refractivity contribution < 1.29 is 65.7 Å². The molecule has 1 atom stereocenters. The van der Waals surface area contributed by atoms with Crippen LogP contribution in [-0.2, 0) is 4.79 Å². The Morgan fingerprint density at radius 1 is 1.38 bits per heavy atom. The third kappa shape index (κ3) is 13.0. The maximum Gasteiger partial charge on any atom is 1.00 e. The number of aliphatic carboxylic acids is 1. The molecule has 0 fully saturated rings. The van der Waals surface area contributed by atoms with Gasteiger partial charge >= 0.3 is 51.4 Å². The zero-order chi connectivity index (χ0) is 9.40. The fourth-order valence-electron chi connectivity index (χ4n) is 1.03. The molecule has 4 heteroatoms. The number of rotatable bonds is 7. The Labute approximate surface area is 122 Å². The summed E-state index contributed by atoms with van der Waals surface area (Å²) in [7, 11) is 0. The first-order valence-electron chi connectivity index (χ1n) is 4.50. The SMILES string of the molecule is CCCCCC(F)CCC(=O)[O-].[K+]. The second kappa shape index (κ2) is 11.1. The summed E-state index contributed by atoms with van der Waals surface area (Å²) in [5.74, 6) is -1.16. The first kappa shape index (κ1) is 16.5. The van der Waals surface area contributed by atoms with E-state index in [0.717, 1.165) is 19.3 Å². The molecule has 0 aliphatic heterocycles. The molecule has 0 bridgehead atoms. The van der Waals surface area contributed by atoms with Gasteiger partial charge in [-0.2, -0.15) is 0 Å². The predicted octanol–water partition coefficient (Wildman–Crippen LogP) is -1.56. The van der Waals surface area contributed by atoms with Gasteiger partial charge in [0.05, 0.1) is 0 Å². The minimum Gasteiger partial charge on any atom is -0.550 e. The van der Waals surface area contributed by atoms with Crippen LogP contribution in [0, 0.1) is 0 Å². The number of carbonyl (C=O) groups excluding carboxylic acids is 1. The molecule has 2 nitrogen and oxygen atoms in total. The van der Waals surface area contributed by atoms with E-state index < -0.39 is 12.1 Å². The molecule has 0 aromatic rings. The summed E-state index contributed by atoms with van der Waals surface area (Å²) in [5.41, 5.74) is 0. The molecule has 0 aromatic heterocycles. The summed E-state index contributed by atoms with van der Waals surface area (Å²) in [6, 6.07) is 0. The Kier molecular flexibility index (Phi) is 14.1. The van der Waals surface area contributed by atoms with Gasteiger partial charge in [0.25, 0.3) is 0 Å². The van der Waals surface area contributed by atoms with E-state index in [4.69, 9.17) is 0 Å². The summed E-state index contributed by atoms with van der Waals surface area (Å²) < 4.78 is 12.8. The maximum absolute atomic E-state index is 12.8. The van der Waals surface area contributed by atoms with Gasteiger partial charge in [0.1, 0.15) is 6.17 Å². The van der Waals surface area contributed by atoms with E-state index in [0.29, 0.717) is 6.42 Å². The monoisotopic (exact) mass is 214 g/mol. The van der Waals surface area contributed by atoms with E-state index in [-0.39, 0.29) is 64.2 Å². The topological polar surface area (TPSA) is 40.1 Å². The van der Waals surface area contributed by atoms with Crippen LogP contribution in [-0.4, -0.2) is 12.1 Å². The molecule has 0 spiro atoms. The van der Waals surface area contributed by atoms with Crippen molar-refractivity contribution in [1.82, 2.24) is 0 Å². The summed E-state index contributed by atoms with van der Waals surface area (Å²) >= 11 is 0. The van der Waals surface area contributed by atoms with Gasteiger partial charge in [-0.25, -0.2) is 4.39 Å². The number of carboxylic acid groups (broad SMARTS) is 1. The summed E-state index contributed by atoms with van der Waals surface area (Å²) in [6.07, 6.45) is 2.40. The Morgan fingerprint density at radius 3 is 2.46 bits per heavy atom. The van der Waals surface area contributed by atoms with Gasteiger partial charge < -0.3 is 9.90 Å². The predicted molar refractivity (Wildman–Crippen MR) is 43.3 cm³/mol. The van der Waals surface area contributed by atoms with Crippen molar-refractivity contribution in [3.05, 3.63) is 0 Å². The van der Waals surface area contributed by atoms with Crippen molar-refractivity contribution >= 4 is 5.97 Å². The minimum absolute atomic E-state index is 0. The molecule has 0 heterocycles. The van der Waals surface area contributed by atoms with Crippen molar-refractivity contribution in [3.63, 3.8) is 0 Å². The molecule has 0 rings (SSSR count). The normalized spacial score (nSPS) is 11.8. The van der Waals surface area contributed by atoms with Gasteiger partial charge in [-0.1, -0.05) is 26.2 Å². The molecule has 0 aliphatic carbocycles. The van der Waals surface area contributed by atoms with Gasteiger partial charge in [-0.05, 0) is 19.3 Å². The van der Waals surface area contributed by atoms with Gasteiger partial charge in [0, 0.05) is 5.97 Å². The molecule has 13 heavy (non-hydrogen) atoms. The van der Waals surface area contributed by atoms with Crippen LogP contribution in [0.5, 0.6) is 0 Å². The van der Waals surface area contributed by atoms with Crippen LogP contribution in [0.15, 0.2) is 0 Å². The van der Waals surface area contributed by atoms with Crippen molar-refractivity contribution in [3.8, 4) is 0 Å². The molecule has 0 aliphatic rings. The number of halogens is 1. The van der Waals surface area contributed by atoms with Gasteiger partial charge in [-0.15, -0.1) is 0 Å². The van der Waals surface area contributed by atoms with Crippen LogP contribution in [0.1, 0.15) is 45.4 Å². The average molecular weight is 214 g/mol. The fourth-order valence-corrected chi connectivity index (χ4v) is 1.03. The summed E-state index contributed by atoms with van der Waals surface area (Å²) in [6.45, 7) is 2.05. The van der Waals surface area contributed by atoms with Crippen LogP contribution in [0.2, 0.25) is 0 Å². The average Bonchev–Trinajstić information content (AvgIpc) is 2.01. The van der Waals surface area contributed by atoms with Gasteiger partial charge in [0.2, 0.25) is 0 Å². The van der Waals surface area contributed by atoms with Crippen molar-refractivity contribution in [2.24, 2.45) is 0 Å². The van der Waals surface area contributed by atoms with Crippen LogP contribution < -0.4 is 56.5 Å². The standard InChI is InChI=1S/C9H17FO2.K/c1-2-3-4-5-8(10)6-7-9(11)12;/h8H,2-7H2,1H3,(H,11,12);/q;+1/p-1. The first-order valence-corrected chi connectivity index (χ1v) is 4.50. The first-order chi connectivity index (χ1) is 5.66. The molecular weight excluding hydrogens is 198 g/mol. The number of hydrogen-bond acceptors (Lipinski definition) is 2. The third-order valence-electron chi connectivity index (χ3n) is 1.78. The van der Waals surface area contributed by atoms with E-state index in [2.05, 4.69) is 6.92 Å². The van der Waals surface area contributed by atoms with E-state index in [1.54, 1.807) is 0 Å². The number of carbonyl (C=O) groups is 1. The molecule has 72 valence electrons. The van der Waals surface area contributed by atoms with E-state index in [1.165, 1.54) is 0 Å². The van der Waals surface area contributed by atoms with Crippen LogP contribution in [0.3, 0.4) is 0 Å².